The topological polar surface area (TPSA) is 0 Å². The fourth-order valence-electron chi connectivity index (χ4n) is 1.36. The van der Waals surface area contributed by atoms with Crippen molar-refractivity contribution in [3.8, 4) is 0 Å². The first-order chi connectivity index (χ1) is 7.21. The van der Waals surface area contributed by atoms with Gasteiger partial charge in [-0.3, -0.25) is 0 Å². The van der Waals surface area contributed by atoms with Gasteiger partial charge in [-0.15, -0.1) is 23.3 Å². The summed E-state index contributed by atoms with van der Waals surface area (Å²) in [4.78, 5) is 2.34. The average Bonchev–Trinajstić information content (AvgIpc) is 2.31. The van der Waals surface area contributed by atoms with Crippen LogP contribution in [0.3, 0.4) is 0 Å². The lowest BCUT2D eigenvalue weighted by molar-refractivity contribution is 1.40. The van der Waals surface area contributed by atoms with Crippen molar-refractivity contribution in [2.45, 2.75) is 9.79 Å². The Balaban J connectivity index is 2.44. The lowest BCUT2D eigenvalue weighted by Gasteiger charge is -2.29. The van der Waals surface area contributed by atoms with E-state index in [1.54, 1.807) is 0 Å². The van der Waals surface area contributed by atoms with Crippen molar-refractivity contribution < 1.29 is 0 Å². The van der Waals surface area contributed by atoms with E-state index in [0.29, 0.717) is 0 Å². The molecule has 3 heteroatoms. The summed E-state index contributed by atoms with van der Waals surface area (Å²) < 4.78 is 0. The van der Waals surface area contributed by atoms with Gasteiger partial charge in [0.05, 0.1) is 0 Å². The van der Waals surface area contributed by atoms with E-state index < -0.39 is 8.09 Å². The monoisotopic (exact) mass is 252 g/mol. The first-order valence-corrected chi connectivity index (χ1v) is 8.33. The summed E-state index contributed by atoms with van der Waals surface area (Å²) in [5.41, 5.74) is 0. The highest BCUT2D eigenvalue weighted by molar-refractivity contribution is 9.17. The van der Waals surface area contributed by atoms with E-state index in [2.05, 4.69) is 24.3 Å². The Hall–Kier alpha value is -0.510. The molecule has 0 radical (unpaired) electrons. The summed E-state index contributed by atoms with van der Waals surface area (Å²) >= 11 is 9.43. The molecule has 2 aromatic rings. The molecule has 0 fully saturated rings. The Labute approximate surface area is 102 Å². The van der Waals surface area contributed by atoms with Crippen molar-refractivity contribution in [3.63, 3.8) is 0 Å². The van der Waals surface area contributed by atoms with Crippen molar-refractivity contribution in [1.82, 2.24) is 0 Å². The summed E-state index contributed by atoms with van der Waals surface area (Å²) in [6.07, 6.45) is 0. The molecule has 0 atom stereocenters. The van der Waals surface area contributed by atoms with E-state index in [9.17, 15) is 0 Å². The summed E-state index contributed by atoms with van der Waals surface area (Å²) in [6.45, 7) is 0. The van der Waals surface area contributed by atoms with Crippen LogP contribution in [-0.2, 0) is 0 Å². The average molecular weight is 252 g/mol. The third-order valence-electron chi connectivity index (χ3n) is 2.14. The number of rotatable bonds is 2. The lowest BCUT2D eigenvalue weighted by atomic mass is 10.4. The molecule has 0 aliphatic carbocycles. The fraction of sp³-hybridized carbons (Fsp3) is 0. The van der Waals surface area contributed by atoms with Crippen LogP contribution in [0, 0.1) is 0 Å². The maximum Gasteiger partial charge on any atom is 0.0120 e. The van der Waals surface area contributed by atoms with Gasteiger partial charge < -0.3 is 0 Å². The molecule has 0 spiro atoms. The van der Waals surface area contributed by atoms with E-state index in [-0.39, 0.29) is 0 Å². The van der Waals surface area contributed by atoms with Gasteiger partial charge in [-0.05, 0) is 24.3 Å². The third-order valence-corrected chi connectivity index (χ3v) is 6.53. The molecule has 0 amide bonds. The number of hydrogen-bond acceptors (Lipinski definition) is 2. The van der Waals surface area contributed by atoms with E-state index in [1.807, 2.05) is 36.4 Å². The van der Waals surface area contributed by atoms with Crippen LogP contribution in [0.4, 0.5) is 0 Å². The van der Waals surface area contributed by atoms with Gasteiger partial charge >= 0.3 is 0 Å². The van der Waals surface area contributed by atoms with Crippen LogP contribution in [0.5, 0.6) is 0 Å². The molecule has 0 saturated heterocycles. The highest BCUT2D eigenvalue weighted by Crippen LogP contribution is 2.69. The van der Waals surface area contributed by atoms with Gasteiger partial charge in [0.2, 0.25) is 0 Å². The second-order valence-electron chi connectivity index (χ2n) is 3.17. The van der Waals surface area contributed by atoms with Gasteiger partial charge in [-0.25, -0.2) is 0 Å². The number of thiol groups is 2. The molecule has 0 aliphatic heterocycles. The van der Waals surface area contributed by atoms with E-state index in [4.69, 9.17) is 23.3 Å². The van der Waals surface area contributed by atoms with Gasteiger partial charge in [-0.1, -0.05) is 44.5 Å². The molecule has 0 heterocycles. The molecule has 78 valence electrons. The lowest BCUT2D eigenvalue weighted by Crippen LogP contribution is -1.86. The van der Waals surface area contributed by atoms with Crippen LogP contribution in [0.1, 0.15) is 0 Å². The molecule has 0 bridgehead atoms. The predicted octanol–water partition coefficient (Wildman–Crippen LogP) is 4.60. The van der Waals surface area contributed by atoms with E-state index >= 15 is 0 Å². The second kappa shape index (κ2) is 4.56. The maximum atomic E-state index is 4.71. The molecular formula is C12H12S3. The summed E-state index contributed by atoms with van der Waals surface area (Å²) in [5.74, 6) is 0. The van der Waals surface area contributed by atoms with Crippen LogP contribution < -0.4 is 0 Å². The van der Waals surface area contributed by atoms with E-state index in [1.165, 1.54) is 9.79 Å². The van der Waals surface area contributed by atoms with Gasteiger partial charge in [-0.2, -0.15) is 0 Å². The molecular weight excluding hydrogens is 240 g/mol. The molecule has 0 nitrogen and oxygen atoms in total. The first-order valence-electron chi connectivity index (χ1n) is 4.59. The molecule has 0 saturated carbocycles. The predicted molar refractivity (Wildman–Crippen MR) is 75.0 cm³/mol. The van der Waals surface area contributed by atoms with E-state index in [0.717, 1.165) is 0 Å². The van der Waals surface area contributed by atoms with Crippen LogP contribution in [0.25, 0.3) is 0 Å². The molecule has 0 aromatic heterocycles. The van der Waals surface area contributed by atoms with Gasteiger partial charge in [0, 0.05) is 9.79 Å². The summed E-state index contributed by atoms with van der Waals surface area (Å²) in [7, 11) is -1.45. The summed E-state index contributed by atoms with van der Waals surface area (Å²) in [5, 5.41) is 0. The third kappa shape index (κ3) is 2.36. The Morgan fingerprint density at radius 2 is 0.933 bits per heavy atom. The van der Waals surface area contributed by atoms with Crippen molar-refractivity contribution in [2.24, 2.45) is 0 Å². The van der Waals surface area contributed by atoms with Gasteiger partial charge in [0.15, 0.2) is 0 Å². The Bertz CT molecular complexity index is 382. The molecule has 0 aliphatic rings. The van der Waals surface area contributed by atoms with Gasteiger partial charge in [0.1, 0.15) is 0 Å². The van der Waals surface area contributed by atoms with Crippen LogP contribution in [-0.4, -0.2) is 0 Å². The molecule has 15 heavy (non-hydrogen) atoms. The Morgan fingerprint density at radius 3 is 1.27 bits per heavy atom. The van der Waals surface area contributed by atoms with Crippen LogP contribution >= 0.6 is 31.4 Å². The quantitative estimate of drug-likeness (QED) is 0.566. The highest BCUT2D eigenvalue weighted by atomic mass is 33.5. The zero-order valence-corrected chi connectivity index (χ0v) is 10.7. The van der Waals surface area contributed by atoms with Crippen molar-refractivity contribution in [3.05, 3.63) is 60.7 Å². The molecule has 2 rings (SSSR count). The standard InChI is InChI=1S/C12H12S3/c13-15(14,11-7-3-1-4-8-11)12-9-5-2-6-10-12/h1-10,13-14H. The minimum absolute atomic E-state index is 1.17. The van der Waals surface area contributed by atoms with Crippen LogP contribution in [0.2, 0.25) is 0 Å². The molecule has 0 unspecified atom stereocenters. The molecule has 2 aromatic carbocycles. The second-order valence-corrected chi connectivity index (χ2v) is 9.37. The fourth-order valence-corrected chi connectivity index (χ4v) is 4.16. The first kappa shape index (κ1) is 11.0. The minimum atomic E-state index is -1.45. The summed E-state index contributed by atoms with van der Waals surface area (Å²) in [6, 6.07) is 20.4. The highest BCUT2D eigenvalue weighted by Gasteiger charge is 2.18. The van der Waals surface area contributed by atoms with Crippen molar-refractivity contribution in [2.75, 3.05) is 0 Å². The Morgan fingerprint density at radius 1 is 0.600 bits per heavy atom. The normalized spacial score (nSPS) is 12.4. The minimum Gasteiger partial charge on any atom is -0.112 e. The van der Waals surface area contributed by atoms with Crippen LogP contribution in [0.15, 0.2) is 70.5 Å². The zero-order chi connectivity index (χ0) is 10.7. The number of hydrogen-bond donors (Lipinski definition) is 2. The zero-order valence-electron chi connectivity index (χ0n) is 8.08. The number of benzene rings is 2. The molecule has 0 N–H and O–H groups in total. The largest absolute Gasteiger partial charge is 0.112 e. The van der Waals surface area contributed by atoms with Crippen molar-refractivity contribution in [1.29, 1.82) is 0 Å². The smallest absolute Gasteiger partial charge is 0.0120 e. The van der Waals surface area contributed by atoms with Crippen molar-refractivity contribution >= 4 is 31.4 Å². The SMILES string of the molecule is SS(S)(c1ccccc1)c1ccccc1. The van der Waals surface area contributed by atoms with Gasteiger partial charge in [0.25, 0.3) is 0 Å². The maximum absolute atomic E-state index is 4.71. The Kier molecular flexibility index (Phi) is 3.34.